The van der Waals surface area contributed by atoms with E-state index in [1.807, 2.05) is 0 Å². The number of nitro groups is 2. The van der Waals surface area contributed by atoms with Crippen molar-refractivity contribution in [2.75, 3.05) is 0 Å². The Bertz CT molecular complexity index is 914. The van der Waals surface area contributed by atoms with Crippen molar-refractivity contribution in [2.45, 2.75) is 13.0 Å². The van der Waals surface area contributed by atoms with Crippen LogP contribution >= 0.6 is 15.9 Å². The minimum absolute atomic E-state index is 0.00710. The number of hydrogen-bond acceptors (Lipinski definition) is 9. The number of hydrogen-bond donors (Lipinski definition) is 1. The van der Waals surface area contributed by atoms with Gasteiger partial charge in [0.1, 0.15) is 16.9 Å². The zero-order valence-electron chi connectivity index (χ0n) is 11.6. The van der Waals surface area contributed by atoms with Gasteiger partial charge in [-0.05, 0) is 20.9 Å². The van der Waals surface area contributed by atoms with Crippen LogP contribution in [0, 0.1) is 20.2 Å². The van der Waals surface area contributed by atoms with Gasteiger partial charge in [-0.3, -0.25) is 14.8 Å². The van der Waals surface area contributed by atoms with Gasteiger partial charge in [-0.1, -0.05) is 5.10 Å². The maximum absolute atomic E-state index is 10.8. The predicted octanol–water partition coefficient (Wildman–Crippen LogP) is 1.48. The molecule has 0 atom stereocenters. The molecule has 0 unspecified atom stereocenters. The number of aromatic amines is 1. The normalized spacial score (nSPS) is 10.9. The van der Waals surface area contributed by atoms with Crippen molar-refractivity contribution in [1.82, 2.24) is 30.2 Å². The lowest BCUT2D eigenvalue weighted by molar-refractivity contribution is -0.390. The van der Waals surface area contributed by atoms with Crippen LogP contribution in [0.25, 0.3) is 11.6 Å². The van der Waals surface area contributed by atoms with Crippen LogP contribution in [0.4, 0.5) is 11.5 Å². The molecule has 3 rings (SSSR count). The Balaban J connectivity index is 1.71. The van der Waals surface area contributed by atoms with Gasteiger partial charge in [-0.15, -0.1) is 15.3 Å². The molecule has 0 aliphatic heterocycles. The third-order valence-corrected chi connectivity index (χ3v) is 3.68. The van der Waals surface area contributed by atoms with Crippen LogP contribution in [0.5, 0.6) is 0 Å². The number of aromatic nitrogens is 6. The van der Waals surface area contributed by atoms with Gasteiger partial charge in [0.25, 0.3) is 5.89 Å². The average molecular weight is 399 g/mol. The van der Waals surface area contributed by atoms with Crippen molar-refractivity contribution in [1.29, 1.82) is 0 Å². The molecule has 3 aromatic heterocycles. The number of H-pyrrole nitrogens is 1. The van der Waals surface area contributed by atoms with Gasteiger partial charge in [0.05, 0.1) is 4.92 Å². The van der Waals surface area contributed by atoms with Crippen LogP contribution in [0.15, 0.2) is 21.3 Å². The summed E-state index contributed by atoms with van der Waals surface area (Å²) in [6.45, 7) is 0.289. The Morgan fingerprint density at radius 2 is 2.08 bits per heavy atom. The molecule has 0 fully saturated rings. The second-order valence-electron chi connectivity index (χ2n) is 4.46. The Morgan fingerprint density at radius 3 is 2.71 bits per heavy atom. The molecule has 3 heterocycles. The van der Waals surface area contributed by atoms with Gasteiger partial charge < -0.3 is 14.5 Å². The van der Waals surface area contributed by atoms with Gasteiger partial charge >= 0.3 is 11.5 Å². The first kappa shape index (κ1) is 15.7. The second-order valence-corrected chi connectivity index (χ2v) is 5.25. The molecule has 0 amide bonds. The number of aryl methyl sites for hydroxylation is 2. The number of nitrogens with zero attached hydrogens (tertiary/aromatic N) is 7. The van der Waals surface area contributed by atoms with Crippen molar-refractivity contribution in [3.63, 3.8) is 0 Å². The zero-order valence-corrected chi connectivity index (χ0v) is 13.2. The lowest BCUT2D eigenvalue weighted by atomic mass is 10.4. The topological polar surface area (TPSA) is 172 Å². The van der Waals surface area contributed by atoms with Crippen LogP contribution in [-0.4, -0.2) is 40.0 Å². The molecule has 24 heavy (non-hydrogen) atoms. The van der Waals surface area contributed by atoms with Crippen LogP contribution in [0.3, 0.4) is 0 Å². The van der Waals surface area contributed by atoms with E-state index >= 15 is 0 Å². The van der Waals surface area contributed by atoms with E-state index in [0.29, 0.717) is 0 Å². The predicted molar refractivity (Wildman–Crippen MR) is 78.8 cm³/mol. The Hall–Kier alpha value is -3.16. The van der Waals surface area contributed by atoms with Crippen molar-refractivity contribution in [3.05, 3.63) is 43.0 Å². The van der Waals surface area contributed by atoms with Crippen LogP contribution < -0.4 is 0 Å². The molecular weight excluding hydrogens is 392 g/mol. The number of rotatable bonds is 6. The van der Waals surface area contributed by atoms with Gasteiger partial charge in [-0.25, -0.2) is 0 Å². The summed E-state index contributed by atoms with van der Waals surface area (Å²) in [7, 11) is 0. The molecule has 0 saturated heterocycles. The monoisotopic (exact) mass is 398 g/mol. The molecule has 0 bridgehead atoms. The van der Waals surface area contributed by atoms with Crippen LogP contribution in [0.2, 0.25) is 0 Å². The molecule has 3 aromatic rings. The van der Waals surface area contributed by atoms with Gasteiger partial charge in [0, 0.05) is 13.0 Å². The second kappa shape index (κ2) is 6.15. The van der Waals surface area contributed by atoms with Crippen molar-refractivity contribution in [2.24, 2.45) is 0 Å². The van der Waals surface area contributed by atoms with E-state index in [9.17, 15) is 20.2 Å². The molecule has 0 saturated carbocycles. The highest BCUT2D eigenvalue weighted by atomic mass is 79.9. The maximum atomic E-state index is 10.8. The molecule has 0 aliphatic rings. The van der Waals surface area contributed by atoms with E-state index in [2.05, 4.69) is 41.4 Å². The third-order valence-electron chi connectivity index (χ3n) is 2.93. The maximum Gasteiger partial charge on any atom is 0.357 e. The van der Waals surface area contributed by atoms with E-state index < -0.39 is 9.85 Å². The Morgan fingerprint density at radius 1 is 1.29 bits per heavy atom. The molecule has 13 nitrogen and oxygen atoms in total. The minimum Gasteiger partial charge on any atom is -0.419 e. The molecule has 0 radical (unpaired) electrons. The first-order valence-electron chi connectivity index (χ1n) is 6.33. The fraction of sp³-hybridized carbons (Fsp3) is 0.200. The smallest absolute Gasteiger partial charge is 0.357 e. The lowest BCUT2D eigenvalue weighted by Gasteiger charge is -1.95. The van der Waals surface area contributed by atoms with Crippen molar-refractivity contribution >= 4 is 27.4 Å². The van der Waals surface area contributed by atoms with E-state index in [0.717, 1.165) is 6.20 Å². The molecule has 0 aliphatic carbocycles. The summed E-state index contributed by atoms with van der Waals surface area (Å²) in [6, 6.07) is 0. The summed E-state index contributed by atoms with van der Waals surface area (Å²) < 4.78 is 6.86. The molecule has 0 spiro atoms. The van der Waals surface area contributed by atoms with Gasteiger partial charge in [0.2, 0.25) is 5.89 Å². The summed E-state index contributed by atoms with van der Waals surface area (Å²) in [5.41, 5.74) is 0.00385. The fourth-order valence-electron chi connectivity index (χ4n) is 1.81. The summed E-state index contributed by atoms with van der Waals surface area (Å²) >= 11 is 3.05. The molecule has 124 valence electrons. The summed E-state index contributed by atoms with van der Waals surface area (Å²) in [6.07, 6.45) is 2.69. The SMILES string of the molecule is O=[N+]([O-])c1cnn(CCc2nnc(-c3n[nH]c([N+](=O)[O-])c3Br)o2)c1. The van der Waals surface area contributed by atoms with Crippen LogP contribution in [0.1, 0.15) is 5.89 Å². The fourth-order valence-corrected chi connectivity index (χ4v) is 2.30. The molecule has 14 heteroatoms. The largest absolute Gasteiger partial charge is 0.419 e. The number of nitrogens with one attached hydrogen (secondary N) is 1. The molecule has 1 N–H and O–H groups in total. The summed E-state index contributed by atoms with van der Waals surface area (Å²) in [5, 5.41) is 38.8. The first-order valence-corrected chi connectivity index (χ1v) is 7.13. The lowest BCUT2D eigenvalue weighted by Crippen LogP contribution is -2.01. The zero-order chi connectivity index (χ0) is 17.3. The van der Waals surface area contributed by atoms with E-state index in [-0.39, 0.29) is 46.4 Å². The van der Waals surface area contributed by atoms with Gasteiger partial charge in [0.15, 0.2) is 5.69 Å². The third kappa shape index (κ3) is 2.98. The quantitative estimate of drug-likeness (QED) is 0.476. The standard InChI is InChI=1S/C10H7BrN8O5/c11-7-8(14-15-9(7)19(22)23)10-16-13-6(24-10)1-2-17-4-5(3-12-17)18(20)21/h3-4H,1-2H2,(H,14,15). The van der Waals surface area contributed by atoms with Crippen LogP contribution in [-0.2, 0) is 13.0 Å². The van der Waals surface area contributed by atoms with Crippen molar-refractivity contribution < 1.29 is 14.3 Å². The highest BCUT2D eigenvalue weighted by Crippen LogP contribution is 2.32. The minimum atomic E-state index is -0.636. The number of halogens is 1. The molecular formula is C10H7BrN8O5. The Labute approximate surface area is 140 Å². The van der Waals surface area contributed by atoms with Crippen molar-refractivity contribution in [3.8, 4) is 11.6 Å². The first-order chi connectivity index (χ1) is 11.5. The Kier molecular flexibility index (Phi) is 4.03. The van der Waals surface area contributed by atoms with E-state index in [1.54, 1.807) is 0 Å². The van der Waals surface area contributed by atoms with E-state index in [1.165, 1.54) is 10.9 Å². The highest BCUT2D eigenvalue weighted by Gasteiger charge is 2.24. The highest BCUT2D eigenvalue weighted by molar-refractivity contribution is 9.10. The van der Waals surface area contributed by atoms with E-state index in [4.69, 9.17) is 4.42 Å². The summed E-state index contributed by atoms with van der Waals surface area (Å²) in [5.74, 6) is -0.0815. The average Bonchev–Trinajstić information content (AvgIpc) is 3.23. The molecule has 0 aromatic carbocycles. The van der Waals surface area contributed by atoms with Gasteiger partial charge in [-0.2, -0.15) is 5.10 Å². The summed E-state index contributed by atoms with van der Waals surface area (Å²) in [4.78, 5) is 20.2.